The number of rotatable bonds is 4. The van der Waals surface area contributed by atoms with Crippen LogP contribution in [0.1, 0.15) is 57.9 Å². The Balaban J connectivity index is 1.84. The van der Waals surface area contributed by atoms with E-state index >= 15 is 0 Å². The van der Waals surface area contributed by atoms with Gasteiger partial charge in [0, 0.05) is 13.1 Å². The van der Waals surface area contributed by atoms with Gasteiger partial charge in [0.2, 0.25) is 10.0 Å². The van der Waals surface area contributed by atoms with Crippen LogP contribution in [0.25, 0.3) is 0 Å². The van der Waals surface area contributed by atoms with Crippen LogP contribution in [0.2, 0.25) is 0 Å². The molecule has 1 aromatic rings. The fraction of sp³-hybridized carbons (Fsp3) is 0.714. The van der Waals surface area contributed by atoms with E-state index in [1.54, 1.807) is 16.4 Å². The minimum absolute atomic E-state index is 0.0189. The van der Waals surface area contributed by atoms with Gasteiger partial charge in [0.25, 0.3) is 0 Å². The van der Waals surface area contributed by atoms with E-state index < -0.39 is 10.0 Å². The van der Waals surface area contributed by atoms with E-state index in [0.717, 1.165) is 24.8 Å². The molecule has 1 saturated carbocycles. The number of nitrogens with zero attached hydrogens (tertiary/aromatic N) is 1. The molecule has 0 bridgehead atoms. The van der Waals surface area contributed by atoms with Crippen LogP contribution in [0.15, 0.2) is 29.2 Å². The van der Waals surface area contributed by atoms with E-state index in [4.69, 9.17) is 4.74 Å². The second-order valence-electron chi connectivity index (χ2n) is 8.32. The van der Waals surface area contributed by atoms with E-state index in [1.165, 1.54) is 19.3 Å². The third kappa shape index (κ3) is 4.49. The van der Waals surface area contributed by atoms with Crippen LogP contribution in [0.4, 0.5) is 0 Å². The molecule has 4 nitrogen and oxygen atoms in total. The fourth-order valence-corrected chi connectivity index (χ4v) is 5.70. The Morgan fingerprint density at radius 2 is 1.69 bits per heavy atom. The van der Waals surface area contributed by atoms with Crippen LogP contribution < -0.4 is 0 Å². The zero-order chi connectivity index (χ0) is 18.7. The van der Waals surface area contributed by atoms with Crippen molar-refractivity contribution in [3.05, 3.63) is 29.8 Å². The summed E-state index contributed by atoms with van der Waals surface area (Å²) in [4.78, 5) is 0.397. The van der Waals surface area contributed by atoms with Gasteiger partial charge in [-0.3, -0.25) is 0 Å². The molecule has 2 fully saturated rings. The third-order valence-corrected chi connectivity index (χ3v) is 7.85. The molecule has 0 radical (unpaired) electrons. The van der Waals surface area contributed by atoms with Crippen molar-refractivity contribution in [3.63, 3.8) is 0 Å². The first-order chi connectivity index (χ1) is 12.4. The molecule has 146 valence electrons. The van der Waals surface area contributed by atoms with Crippen LogP contribution in [-0.2, 0) is 14.8 Å². The molecule has 0 spiro atoms. The van der Waals surface area contributed by atoms with E-state index in [-0.39, 0.29) is 12.2 Å². The number of benzene rings is 1. The molecule has 2 aliphatic rings. The Kier molecular flexibility index (Phi) is 6.41. The van der Waals surface area contributed by atoms with Gasteiger partial charge in [-0.1, -0.05) is 50.8 Å². The lowest BCUT2D eigenvalue weighted by Gasteiger charge is -2.33. The molecule has 0 amide bonds. The topological polar surface area (TPSA) is 46.6 Å². The summed E-state index contributed by atoms with van der Waals surface area (Å²) in [7, 11) is -3.47. The van der Waals surface area contributed by atoms with Crippen LogP contribution in [0.3, 0.4) is 0 Å². The zero-order valence-electron chi connectivity index (χ0n) is 16.4. The van der Waals surface area contributed by atoms with Crippen molar-refractivity contribution in [2.24, 2.45) is 11.8 Å². The Morgan fingerprint density at radius 3 is 2.31 bits per heavy atom. The van der Waals surface area contributed by atoms with E-state index in [9.17, 15) is 8.42 Å². The minimum Gasteiger partial charge on any atom is -0.373 e. The fourth-order valence-electron chi connectivity index (χ4n) is 4.23. The molecular weight excluding hydrogens is 346 g/mol. The summed E-state index contributed by atoms with van der Waals surface area (Å²) in [5.41, 5.74) is 1.07. The lowest BCUT2D eigenvalue weighted by molar-refractivity contribution is -0.0612. The summed E-state index contributed by atoms with van der Waals surface area (Å²) in [5.74, 6) is 0.891. The molecule has 1 saturated heterocycles. The SMILES string of the molecule is Cc1ccc(S(=O)(=O)N2CC[C@H](C(C)C)O[C@H](C3CCCCC3)C2)cc1. The van der Waals surface area contributed by atoms with Crippen molar-refractivity contribution in [1.29, 1.82) is 0 Å². The van der Waals surface area contributed by atoms with Gasteiger partial charge in [-0.05, 0) is 50.2 Å². The van der Waals surface area contributed by atoms with Crippen molar-refractivity contribution < 1.29 is 13.2 Å². The second kappa shape index (κ2) is 8.41. The first-order valence-electron chi connectivity index (χ1n) is 10.1. The molecule has 5 heteroatoms. The molecule has 0 aromatic heterocycles. The van der Waals surface area contributed by atoms with Crippen LogP contribution in [0, 0.1) is 18.8 Å². The van der Waals surface area contributed by atoms with Gasteiger partial charge in [0.1, 0.15) is 0 Å². The third-order valence-electron chi connectivity index (χ3n) is 5.97. The highest BCUT2D eigenvalue weighted by atomic mass is 32.2. The Hall–Kier alpha value is -0.910. The summed E-state index contributed by atoms with van der Waals surface area (Å²) in [6.07, 6.45) is 7.02. The first-order valence-corrected chi connectivity index (χ1v) is 11.5. The van der Waals surface area contributed by atoms with Crippen molar-refractivity contribution in [2.75, 3.05) is 13.1 Å². The molecule has 2 atom stereocenters. The highest BCUT2D eigenvalue weighted by Gasteiger charge is 2.36. The maximum absolute atomic E-state index is 13.2. The molecule has 1 aromatic carbocycles. The van der Waals surface area contributed by atoms with Crippen molar-refractivity contribution in [3.8, 4) is 0 Å². The van der Waals surface area contributed by atoms with Gasteiger partial charge in [-0.15, -0.1) is 0 Å². The molecule has 0 N–H and O–H groups in total. The predicted molar refractivity (Wildman–Crippen MR) is 105 cm³/mol. The number of ether oxygens (including phenoxy) is 1. The summed E-state index contributed by atoms with van der Waals surface area (Å²) in [6.45, 7) is 7.36. The van der Waals surface area contributed by atoms with Gasteiger partial charge in [-0.2, -0.15) is 4.31 Å². The summed E-state index contributed by atoms with van der Waals surface area (Å²) < 4.78 is 34.6. The average Bonchev–Trinajstić information content (AvgIpc) is 2.87. The standard InChI is InChI=1S/C21H33NO3S/c1-16(2)20-13-14-22(15-21(25-20)18-7-5-4-6-8-18)26(23,24)19-11-9-17(3)10-12-19/h9-12,16,18,20-21H,4-8,13-15H2,1-3H3/t20-,21+/m1/s1. The van der Waals surface area contributed by atoms with Gasteiger partial charge in [-0.25, -0.2) is 8.42 Å². The van der Waals surface area contributed by atoms with Gasteiger partial charge < -0.3 is 4.74 Å². The number of sulfonamides is 1. The highest BCUT2D eigenvalue weighted by molar-refractivity contribution is 7.89. The number of aryl methyl sites for hydroxylation is 1. The molecule has 1 heterocycles. The first kappa shape index (κ1) is 19.8. The number of hydrogen-bond acceptors (Lipinski definition) is 3. The summed E-state index contributed by atoms with van der Waals surface area (Å²) >= 11 is 0. The predicted octanol–water partition coefficient (Wildman–Crippen LogP) is 4.38. The van der Waals surface area contributed by atoms with Gasteiger partial charge >= 0.3 is 0 Å². The molecule has 1 aliphatic carbocycles. The quantitative estimate of drug-likeness (QED) is 0.780. The molecule has 0 unspecified atom stereocenters. The van der Waals surface area contributed by atoms with Crippen LogP contribution >= 0.6 is 0 Å². The van der Waals surface area contributed by atoms with Gasteiger partial charge in [0.05, 0.1) is 17.1 Å². The van der Waals surface area contributed by atoms with Gasteiger partial charge in [0.15, 0.2) is 0 Å². The van der Waals surface area contributed by atoms with Crippen LogP contribution in [-0.4, -0.2) is 38.0 Å². The number of hydrogen-bond donors (Lipinski definition) is 0. The maximum Gasteiger partial charge on any atom is 0.243 e. The smallest absolute Gasteiger partial charge is 0.243 e. The van der Waals surface area contributed by atoms with Crippen molar-refractivity contribution in [2.45, 2.75) is 76.4 Å². The Labute approximate surface area is 159 Å². The molecule has 3 rings (SSSR count). The van der Waals surface area contributed by atoms with E-state index in [2.05, 4.69) is 13.8 Å². The molecule has 26 heavy (non-hydrogen) atoms. The van der Waals surface area contributed by atoms with E-state index in [0.29, 0.717) is 29.8 Å². The van der Waals surface area contributed by atoms with Crippen molar-refractivity contribution >= 4 is 10.0 Å². The monoisotopic (exact) mass is 379 g/mol. The minimum atomic E-state index is -3.47. The zero-order valence-corrected chi connectivity index (χ0v) is 17.2. The highest BCUT2D eigenvalue weighted by Crippen LogP contribution is 2.33. The second-order valence-corrected chi connectivity index (χ2v) is 10.3. The summed E-state index contributed by atoms with van der Waals surface area (Å²) in [6, 6.07) is 7.20. The Bertz CT molecular complexity index is 678. The maximum atomic E-state index is 13.2. The van der Waals surface area contributed by atoms with Crippen molar-refractivity contribution in [1.82, 2.24) is 4.31 Å². The largest absolute Gasteiger partial charge is 0.373 e. The van der Waals surface area contributed by atoms with Crippen LogP contribution in [0.5, 0.6) is 0 Å². The molecular formula is C21H33NO3S. The molecule has 1 aliphatic heterocycles. The normalized spacial score (nSPS) is 26.8. The summed E-state index contributed by atoms with van der Waals surface area (Å²) in [5, 5.41) is 0. The Morgan fingerprint density at radius 1 is 1.04 bits per heavy atom. The average molecular weight is 380 g/mol. The van der Waals surface area contributed by atoms with E-state index in [1.807, 2.05) is 19.1 Å². The lowest BCUT2D eigenvalue weighted by Crippen LogP contribution is -2.40. The lowest BCUT2D eigenvalue weighted by atomic mass is 9.85.